The lowest BCUT2D eigenvalue weighted by Crippen LogP contribution is -2.54. The Morgan fingerprint density at radius 3 is 2.45 bits per heavy atom. The van der Waals surface area contributed by atoms with Gasteiger partial charge in [-0.2, -0.15) is 0 Å². The third-order valence-corrected chi connectivity index (χ3v) is 5.51. The van der Waals surface area contributed by atoms with Crippen LogP contribution in [0.1, 0.15) is 5.69 Å². The number of nitrogens with zero attached hydrogens (tertiary/aromatic N) is 2. The maximum absolute atomic E-state index is 13.2. The molecule has 8 heteroatoms. The Balaban J connectivity index is 1.76. The number of aromatic nitrogens is 1. The molecular formula is C21H13BrClN3O2S. The molecule has 1 fully saturated rings. The molecule has 0 atom stereocenters. The van der Waals surface area contributed by atoms with Gasteiger partial charge in [0, 0.05) is 22.1 Å². The highest BCUT2D eigenvalue weighted by Crippen LogP contribution is 2.29. The summed E-state index contributed by atoms with van der Waals surface area (Å²) < 4.78 is 2.84. The molecule has 0 bridgehead atoms. The van der Waals surface area contributed by atoms with Crippen molar-refractivity contribution in [3.05, 3.63) is 87.6 Å². The van der Waals surface area contributed by atoms with E-state index < -0.39 is 11.8 Å². The highest BCUT2D eigenvalue weighted by molar-refractivity contribution is 9.10. The second-order valence-electron chi connectivity index (χ2n) is 6.19. The summed E-state index contributed by atoms with van der Waals surface area (Å²) in [6.07, 6.45) is 3.41. The van der Waals surface area contributed by atoms with Crippen LogP contribution in [0.25, 0.3) is 11.8 Å². The predicted octanol–water partition coefficient (Wildman–Crippen LogP) is 4.72. The zero-order valence-electron chi connectivity index (χ0n) is 14.8. The fraction of sp³-hybridized carbons (Fsp3) is 0. The van der Waals surface area contributed by atoms with Crippen molar-refractivity contribution < 1.29 is 9.59 Å². The molecule has 29 heavy (non-hydrogen) atoms. The van der Waals surface area contributed by atoms with E-state index in [0.29, 0.717) is 16.4 Å². The van der Waals surface area contributed by atoms with Gasteiger partial charge in [0.1, 0.15) is 5.57 Å². The van der Waals surface area contributed by atoms with Crippen LogP contribution in [0.5, 0.6) is 0 Å². The van der Waals surface area contributed by atoms with E-state index in [9.17, 15) is 9.59 Å². The second-order valence-corrected chi connectivity index (χ2v) is 7.90. The van der Waals surface area contributed by atoms with Crippen molar-refractivity contribution in [2.75, 3.05) is 4.90 Å². The third-order valence-electron chi connectivity index (χ3n) is 4.37. The van der Waals surface area contributed by atoms with Crippen LogP contribution in [0.2, 0.25) is 5.02 Å². The second kappa shape index (κ2) is 7.94. The number of amides is 2. The molecule has 1 saturated heterocycles. The molecule has 0 spiro atoms. The number of thiocarbonyl (C=S) groups is 1. The molecule has 1 N–H and O–H groups in total. The minimum atomic E-state index is -0.549. The lowest BCUT2D eigenvalue weighted by Gasteiger charge is -2.29. The number of carbonyl (C=O) groups excluding carboxylic acids is 2. The van der Waals surface area contributed by atoms with E-state index in [2.05, 4.69) is 21.2 Å². The van der Waals surface area contributed by atoms with Crippen LogP contribution in [-0.4, -0.2) is 21.5 Å². The van der Waals surface area contributed by atoms with Crippen LogP contribution in [0, 0.1) is 0 Å². The van der Waals surface area contributed by atoms with Gasteiger partial charge >= 0.3 is 0 Å². The van der Waals surface area contributed by atoms with Crippen molar-refractivity contribution in [2.45, 2.75) is 0 Å². The van der Waals surface area contributed by atoms with Crippen molar-refractivity contribution in [3.8, 4) is 5.69 Å². The van der Waals surface area contributed by atoms with Crippen molar-refractivity contribution in [1.82, 2.24) is 9.88 Å². The van der Waals surface area contributed by atoms with E-state index in [1.54, 1.807) is 30.3 Å². The maximum Gasteiger partial charge on any atom is 0.270 e. The summed E-state index contributed by atoms with van der Waals surface area (Å²) in [6, 6.07) is 18.2. The van der Waals surface area contributed by atoms with Gasteiger partial charge in [0.25, 0.3) is 11.8 Å². The fourth-order valence-corrected chi connectivity index (χ4v) is 3.76. The summed E-state index contributed by atoms with van der Waals surface area (Å²) in [4.78, 5) is 26.9. The SMILES string of the molecule is O=C1NC(=S)N(c2ccccc2Cl)C(=O)/C1=C/c1cccn1-c1ccc(Br)cc1. The summed E-state index contributed by atoms with van der Waals surface area (Å²) in [5.41, 5.74) is 1.96. The molecule has 1 aliphatic rings. The Kier molecular flexibility index (Phi) is 5.36. The van der Waals surface area contributed by atoms with E-state index in [1.165, 1.54) is 4.90 Å². The number of rotatable bonds is 3. The Morgan fingerprint density at radius 1 is 1.00 bits per heavy atom. The molecule has 1 aromatic heterocycles. The molecule has 3 aromatic rings. The number of benzene rings is 2. The van der Waals surface area contributed by atoms with Gasteiger partial charge in [-0.1, -0.05) is 39.7 Å². The topological polar surface area (TPSA) is 54.3 Å². The van der Waals surface area contributed by atoms with Gasteiger partial charge in [0.15, 0.2) is 5.11 Å². The van der Waals surface area contributed by atoms with Crippen LogP contribution < -0.4 is 10.2 Å². The number of hydrogen-bond donors (Lipinski definition) is 1. The molecular weight excluding hydrogens is 474 g/mol. The van der Waals surface area contributed by atoms with Gasteiger partial charge in [-0.25, -0.2) is 0 Å². The van der Waals surface area contributed by atoms with E-state index in [-0.39, 0.29) is 10.7 Å². The zero-order valence-corrected chi connectivity index (χ0v) is 18.0. The van der Waals surface area contributed by atoms with E-state index in [1.807, 2.05) is 47.2 Å². The van der Waals surface area contributed by atoms with Crippen LogP contribution >= 0.6 is 39.7 Å². The van der Waals surface area contributed by atoms with Gasteiger partial charge in [-0.3, -0.25) is 19.8 Å². The van der Waals surface area contributed by atoms with Crippen molar-refractivity contribution in [3.63, 3.8) is 0 Å². The minimum absolute atomic E-state index is 0.00598. The first-order chi connectivity index (χ1) is 14.0. The summed E-state index contributed by atoms with van der Waals surface area (Å²) in [7, 11) is 0. The number of halogens is 2. The van der Waals surface area contributed by atoms with Crippen molar-refractivity contribution in [1.29, 1.82) is 0 Å². The average Bonchev–Trinajstić information content (AvgIpc) is 3.15. The van der Waals surface area contributed by atoms with Gasteiger partial charge in [0.2, 0.25) is 0 Å². The van der Waals surface area contributed by atoms with Crippen molar-refractivity contribution in [2.24, 2.45) is 0 Å². The Labute approximate surface area is 185 Å². The number of nitrogens with one attached hydrogen (secondary N) is 1. The normalized spacial score (nSPS) is 15.7. The van der Waals surface area contributed by atoms with E-state index in [0.717, 1.165) is 10.2 Å². The average molecular weight is 487 g/mol. The standard InChI is InChI=1S/C21H13BrClN3O2S/c22-13-7-9-14(10-8-13)25-11-3-4-15(25)12-16-19(27)24-21(29)26(20(16)28)18-6-2-1-5-17(18)23/h1-12H,(H,24,27,29)/b16-12+. The quantitative estimate of drug-likeness (QED) is 0.331. The number of para-hydroxylation sites is 1. The lowest BCUT2D eigenvalue weighted by molar-refractivity contribution is -0.122. The molecule has 0 aliphatic carbocycles. The highest BCUT2D eigenvalue weighted by Gasteiger charge is 2.35. The largest absolute Gasteiger partial charge is 0.317 e. The first-order valence-corrected chi connectivity index (χ1v) is 10.1. The molecule has 1 aliphatic heterocycles. The maximum atomic E-state index is 13.2. The summed E-state index contributed by atoms with van der Waals surface area (Å²) >= 11 is 14.9. The summed E-state index contributed by atoms with van der Waals surface area (Å²) in [5.74, 6) is -1.08. The van der Waals surface area contributed by atoms with Crippen LogP contribution in [0.15, 0.2) is 76.9 Å². The predicted molar refractivity (Wildman–Crippen MR) is 121 cm³/mol. The highest BCUT2D eigenvalue weighted by atomic mass is 79.9. The van der Waals surface area contributed by atoms with Crippen LogP contribution in [0.4, 0.5) is 5.69 Å². The van der Waals surface area contributed by atoms with Gasteiger partial charge in [-0.15, -0.1) is 0 Å². The summed E-state index contributed by atoms with van der Waals surface area (Å²) in [6.45, 7) is 0. The smallest absolute Gasteiger partial charge is 0.270 e. The fourth-order valence-electron chi connectivity index (χ4n) is 3.01. The molecule has 0 saturated carbocycles. The Morgan fingerprint density at radius 2 is 1.72 bits per heavy atom. The van der Waals surface area contributed by atoms with Crippen LogP contribution in [-0.2, 0) is 9.59 Å². The van der Waals surface area contributed by atoms with Gasteiger partial charge in [-0.05, 0) is 66.8 Å². The molecule has 2 aromatic carbocycles. The molecule has 4 rings (SSSR count). The number of anilines is 1. The van der Waals surface area contributed by atoms with E-state index in [4.69, 9.17) is 23.8 Å². The molecule has 0 unspecified atom stereocenters. The monoisotopic (exact) mass is 485 g/mol. The van der Waals surface area contributed by atoms with Crippen LogP contribution in [0.3, 0.4) is 0 Å². The van der Waals surface area contributed by atoms with Crippen molar-refractivity contribution >= 4 is 68.4 Å². The molecule has 144 valence electrons. The Bertz CT molecular complexity index is 1170. The molecule has 5 nitrogen and oxygen atoms in total. The summed E-state index contributed by atoms with van der Waals surface area (Å²) in [5, 5.41) is 2.92. The minimum Gasteiger partial charge on any atom is -0.317 e. The zero-order chi connectivity index (χ0) is 20.5. The first kappa shape index (κ1) is 19.6. The Hall–Kier alpha value is -2.74. The van der Waals surface area contributed by atoms with Gasteiger partial charge < -0.3 is 4.57 Å². The lowest BCUT2D eigenvalue weighted by atomic mass is 10.1. The first-order valence-electron chi connectivity index (χ1n) is 8.55. The van der Waals surface area contributed by atoms with E-state index >= 15 is 0 Å². The molecule has 0 radical (unpaired) electrons. The number of hydrogen-bond acceptors (Lipinski definition) is 3. The van der Waals surface area contributed by atoms with Gasteiger partial charge in [0.05, 0.1) is 10.7 Å². The molecule has 2 amide bonds. The third kappa shape index (κ3) is 3.76. The number of carbonyl (C=O) groups is 2. The molecule has 2 heterocycles.